The largest absolute Gasteiger partial charge is 0.352 e. The second-order valence-electron chi connectivity index (χ2n) is 6.55. The number of amides is 5. The fraction of sp³-hybridized carbons (Fsp3) is 0.368. The highest BCUT2D eigenvalue weighted by atomic mass is 16.2. The van der Waals surface area contributed by atoms with Gasteiger partial charge in [0.2, 0.25) is 23.6 Å². The zero-order chi connectivity index (χ0) is 21.9. The van der Waals surface area contributed by atoms with Gasteiger partial charge in [0, 0.05) is 18.5 Å². The van der Waals surface area contributed by atoms with Crippen LogP contribution in [0.5, 0.6) is 0 Å². The molecule has 2 heterocycles. The molecule has 1 atom stereocenters. The summed E-state index contributed by atoms with van der Waals surface area (Å²) in [6.45, 7) is -0.991. The molecule has 0 spiro atoms. The Balaban J connectivity index is 2.06. The molecule has 2 aliphatic heterocycles. The molecule has 5 N–H and O–H groups in total. The molecule has 0 unspecified atom stereocenters. The first-order valence-corrected chi connectivity index (χ1v) is 9.29. The maximum Gasteiger partial charge on any atom is 0.251 e. The van der Waals surface area contributed by atoms with Gasteiger partial charge in [0.15, 0.2) is 0 Å². The number of hydrogen-bond acceptors (Lipinski definition) is 6. The molecular weight excluding hydrogens is 394 g/mol. The summed E-state index contributed by atoms with van der Waals surface area (Å²) < 4.78 is 0. The third-order valence-electron chi connectivity index (χ3n) is 4.16. The first-order valence-electron chi connectivity index (χ1n) is 9.29. The molecule has 0 fully saturated rings. The quantitative estimate of drug-likeness (QED) is 0.248. The van der Waals surface area contributed by atoms with Crippen LogP contribution in [-0.2, 0) is 30.4 Å². The summed E-state index contributed by atoms with van der Waals surface area (Å²) >= 11 is 0. The summed E-state index contributed by atoms with van der Waals surface area (Å²) in [5.41, 5.74) is 1.10. The van der Waals surface area contributed by atoms with Crippen molar-refractivity contribution in [2.24, 2.45) is 0 Å². The highest BCUT2D eigenvalue weighted by Crippen LogP contribution is 2.07. The van der Waals surface area contributed by atoms with Crippen molar-refractivity contribution in [3.63, 3.8) is 0 Å². The van der Waals surface area contributed by atoms with Crippen LogP contribution < -0.4 is 26.6 Å². The van der Waals surface area contributed by atoms with E-state index in [1.807, 2.05) is 0 Å². The average molecular weight is 417 g/mol. The van der Waals surface area contributed by atoms with Crippen LogP contribution in [0.1, 0.15) is 22.3 Å². The maximum absolute atomic E-state index is 12.1. The number of fused-ring (bicyclic) bond motifs is 18. The molecule has 11 nitrogen and oxygen atoms in total. The van der Waals surface area contributed by atoms with Gasteiger partial charge in [-0.15, -0.1) is 0 Å². The molecule has 1 aromatic carbocycles. The van der Waals surface area contributed by atoms with Crippen molar-refractivity contribution in [2.45, 2.75) is 18.9 Å². The lowest BCUT2D eigenvalue weighted by Crippen LogP contribution is -2.46. The fourth-order valence-corrected chi connectivity index (χ4v) is 2.58. The second-order valence-corrected chi connectivity index (χ2v) is 6.55. The smallest absolute Gasteiger partial charge is 0.251 e. The predicted molar refractivity (Wildman–Crippen MR) is 104 cm³/mol. The van der Waals surface area contributed by atoms with Crippen LogP contribution >= 0.6 is 0 Å². The minimum atomic E-state index is -0.806. The van der Waals surface area contributed by atoms with Crippen molar-refractivity contribution in [1.82, 2.24) is 26.6 Å². The van der Waals surface area contributed by atoms with Gasteiger partial charge in [-0.1, -0.05) is 12.1 Å². The fourth-order valence-electron chi connectivity index (χ4n) is 2.58. The van der Waals surface area contributed by atoms with Crippen LogP contribution in [0.4, 0.5) is 0 Å². The number of nitrogens with one attached hydrogen (secondary N) is 5. The van der Waals surface area contributed by atoms with Gasteiger partial charge >= 0.3 is 0 Å². The highest BCUT2D eigenvalue weighted by Gasteiger charge is 2.15. The standard InChI is InChI=1S/C19H23N5O6/c25-11-14-7-12-1-3-13(4-2-12)19(30)20-6-5-15(26)21-8-16(27)22-9-17(28)23-10-18(29)24-14/h1-4,11,14H,5-10H2,(H,20,30)(H,21,26)(H,22,27)(H,23,28)(H,24,29)/t14-/m0/s1. The normalized spacial score (nSPS) is 20.0. The topological polar surface area (TPSA) is 163 Å². The van der Waals surface area contributed by atoms with E-state index in [4.69, 9.17) is 0 Å². The number of carbonyl (C=O) groups is 6. The molecule has 0 aromatic heterocycles. The predicted octanol–water partition coefficient (Wildman–Crippen LogP) is -2.61. The van der Waals surface area contributed by atoms with Crippen molar-refractivity contribution in [2.75, 3.05) is 26.2 Å². The second kappa shape index (κ2) is 11.3. The molecule has 0 saturated heterocycles. The molecule has 1 aromatic rings. The van der Waals surface area contributed by atoms with E-state index >= 15 is 0 Å². The van der Waals surface area contributed by atoms with Crippen LogP contribution in [0.2, 0.25) is 0 Å². The van der Waals surface area contributed by atoms with Crippen LogP contribution in [0.15, 0.2) is 24.3 Å². The van der Waals surface area contributed by atoms with Gasteiger partial charge in [-0.3, -0.25) is 24.0 Å². The van der Waals surface area contributed by atoms with Crippen molar-refractivity contribution >= 4 is 35.8 Å². The van der Waals surface area contributed by atoms with E-state index in [1.165, 1.54) is 0 Å². The lowest BCUT2D eigenvalue weighted by molar-refractivity contribution is -0.129. The number of benzene rings is 1. The third-order valence-corrected chi connectivity index (χ3v) is 4.16. The van der Waals surface area contributed by atoms with E-state index in [0.29, 0.717) is 11.8 Å². The lowest BCUT2D eigenvalue weighted by Gasteiger charge is -2.14. The molecule has 2 bridgehead atoms. The number of hydrogen-bond donors (Lipinski definition) is 5. The van der Waals surface area contributed by atoms with Crippen LogP contribution in [-0.4, -0.2) is 68.0 Å². The van der Waals surface area contributed by atoms with Crippen LogP contribution in [0, 0.1) is 0 Å². The van der Waals surface area contributed by atoms with Gasteiger partial charge < -0.3 is 31.4 Å². The van der Waals surface area contributed by atoms with Gasteiger partial charge in [-0.25, -0.2) is 0 Å². The van der Waals surface area contributed by atoms with Crippen molar-refractivity contribution in [3.05, 3.63) is 35.4 Å². The summed E-state index contributed by atoms with van der Waals surface area (Å²) in [4.78, 5) is 70.4. The molecule has 2 aliphatic rings. The van der Waals surface area contributed by atoms with Gasteiger partial charge in [0.05, 0.1) is 25.7 Å². The van der Waals surface area contributed by atoms with Gasteiger partial charge in [0.1, 0.15) is 6.29 Å². The number of carbonyl (C=O) groups excluding carboxylic acids is 6. The zero-order valence-corrected chi connectivity index (χ0v) is 16.2. The maximum atomic E-state index is 12.1. The van der Waals surface area contributed by atoms with E-state index in [-0.39, 0.29) is 44.9 Å². The van der Waals surface area contributed by atoms with Gasteiger partial charge in [-0.2, -0.15) is 0 Å². The third kappa shape index (κ3) is 7.70. The Morgan fingerprint density at radius 1 is 0.733 bits per heavy atom. The summed E-state index contributed by atoms with van der Waals surface area (Å²) in [5.74, 6) is -2.56. The molecular formula is C19H23N5O6. The molecule has 11 heteroatoms. The van der Waals surface area contributed by atoms with E-state index in [2.05, 4.69) is 26.6 Å². The molecule has 0 aliphatic carbocycles. The Kier molecular flexibility index (Phi) is 8.48. The Bertz CT molecular complexity index is 823. The Morgan fingerprint density at radius 2 is 1.30 bits per heavy atom. The molecule has 0 radical (unpaired) electrons. The molecule has 30 heavy (non-hydrogen) atoms. The summed E-state index contributed by atoms with van der Waals surface area (Å²) in [7, 11) is 0. The van der Waals surface area contributed by atoms with E-state index in [0.717, 1.165) is 5.56 Å². The van der Waals surface area contributed by atoms with Crippen molar-refractivity contribution in [1.29, 1.82) is 0 Å². The summed E-state index contributed by atoms with van der Waals surface area (Å²) in [6, 6.07) is 5.65. The van der Waals surface area contributed by atoms with Gasteiger partial charge in [0.25, 0.3) is 5.91 Å². The van der Waals surface area contributed by atoms with Crippen molar-refractivity contribution in [3.8, 4) is 0 Å². The van der Waals surface area contributed by atoms with Gasteiger partial charge in [-0.05, 0) is 24.1 Å². The molecule has 3 rings (SSSR count). The number of aldehydes is 1. The average Bonchev–Trinajstić information content (AvgIpc) is 2.74. The molecule has 0 saturated carbocycles. The molecule has 160 valence electrons. The minimum absolute atomic E-state index is 0.0214. The number of rotatable bonds is 1. The van der Waals surface area contributed by atoms with Crippen molar-refractivity contribution < 1.29 is 28.8 Å². The van der Waals surface area contributed by atoms with Crippen LogP contribution in [0.25, 0.3) is 0 Å². The molecule has 5 amide bonds. The first-order chi connectivity index (χ1) is 14.4. The van der Waals surface area contributed by atoms with Crippen LogP contribution in [0.3, 0.4) is 0 Å². The lowest BCUT2D eigenvalue weighted by atomic mass is 10.0. The Hall–Kier alpha value is -3.76. The summed E-state index contributed by atoms with van der Waals surface area (Å²) in [5, 5.41) is 12.1. The monoisotopic (exact) mass is 417 g/mol. The van der Waals surface area contributed by atoms with E-state index in [1.54, 1.807) is 24.3 Å². The first kappa shape index (κ1) is 22.5. The van der Waals surface area contributed by atoms with E-state index < -0.39 is 29.7 Å². The SMILES string of the molecule is O=C[C@@H]1Cc2ccc(cc2)C(=O)NCCC(=O)NCC(=O)NCC(=O)NCC(=O)N1. The minimum Gasteiger partial charge on any atom is -0.352 e. The zero-order valence-electron chi connectivity index (χ0n) is 16.2. The summed E-state index contributed by atoms with van der Waals surface area (Å²) in [6.07, 6.45) is 0.772. The Morgan fingerprint density at radius 3 is 1.90 bits per heavy atom. The Labute approximate surface area is 172 Å². The van der Waals surface area contributed by atoms with E-state index in [9.17, 15) is 28.8 Å². The highest BCUT2D eigenvalue weighted by molar-refractivity contribution is 5.94.